The Bertz CT molecular complexity index is 496. The highest BCUT2D eigenvalue weighted by atomic mass is 15.3. The molecule has 0 atom stereocenters. The Kier molecular flexibility index (Phi) is 2.73. The van der Waals surface area contributed by atoms with Crippen LogP contribution in [0.5, 0.6) is 0 Å². The van der Waals surface area contributed by atoms with E-state index in [1.165, 1.54) is 29.8 Å². The normalized spacial score (nSPS) is 14.9. The first-order chi connectivity index (χ1) is 8.40. The van der Waals surface area contributed by atoms with Crippen LogP contribution in [0.1, 0.15) is 24.2 Å². The van der Waals surface area contributed by atoms with Gasteiger partial charge in [-0.2, -0.15) is 5.10 Å². The molecule has 0 aliphatic carbocycles. The van der Waals surface area contributed by atoms with E-state index in [-0.39, 0.29) is 0 Å². The van der Waals surface area contributed by atoms with E-state index in [2.05, 4.69) is 15.7 Å². The van der Waals surface area contributed by atoms with E-state index in [0.717, 1.165) is 25.1 Å². The van der Waals surface area contributed by atoms with E-state index in [1.54, 1.807) is 0 Å². The van der Waals surface area contributed by atoms with E-state index in [9.17, 15) is 0 Å². The summed E-state index contributed by atoms with van der Waals surface area (Å²) >= 11 is 0. The van der Waals surface area contributed by atoms with Crippen LogP contribution in [-0.2, 0) is 19.4 Å². The van der Waals surface area contributed by atoms with E-state index >= 15 is 0 Å². The van der Waals surface area contributed by atoms with Crippen molar-refractivity contribution >= 4 is 0 Å². The molecule has 4 heteroatoms. The summed E-state index contributed by atoms with van der Waals surface area (Å²) in [6.07, 6.45) is 6.46. The summed E-state index contributed by atoms with van der Waals surface area (Å²) in [6, 6.07) is 4.15. The van der Waals surface area contributed by atoms with Crippen molar-refractivity contribution in [2.24, 2.45) is 5.73 Å². The highest BCUT2D eigenvalue weighted by molar-refractivity contribution is 5.65. The van der Waals surface area contributed by atoms with Gasteiger partial charge in [-0.25, -0.2) is 0 Å². The Hall–Kier alpha value is -1.55. The summed E-state index contributed by atoms with van der Waals surface area (Å²) in [5.41, 5.74) is 10.7. The third-order valence-corrected chi connectivity index (χ3v) is 3.41. The molecule has 0 fully saturated rings. The molecule has 0 saturated carbocycles. The topological polar surface area (TPSA) is 59.6 Å². The molecule has 1 aliphatic rings. The molecule has 2 aromatic heterocycles. The molecule has 0 amide bonds. The van der Waals surface area contributed by atoms with Gasteiger partial charge in [0.1, 0.15) is 0 Å². The van der Waals surface area contributed by atoms with Gasteiger partial charge < -0.3 is 10.7 Å². The van der Waals surface area contributed by atoms with Crippen LogP contribution >= 0.6 is 0 Å². The van der Waals surface area contributed by atoms with Gasteiger partial charge in [0.05, 0.1) is 5.69 Å². The lowest BCUT2D eigenvalue weighted by Gasteiger charge is -2.14. The summed E-state index contributed by atoms with van der Waals surface area (Å²) in [5.74, 6) is 0. The predicted octanol–water partition coefficient (Wildman–Crippen LogP) is 1.72. The first-order valence-electron chi connectivity index (χ1n) is 6.32. The van der Waals surface area contributed by atoms with Crippen molar-refractivity contribution in [2.45, 2.75) is 32.2 Å². The maximum atomic E-state index is 5.68. The van der Waals surface area contributed by atoms with Gasteiger partial charge in [0.2, 0.25) is 0 Å². The van der Waals surface area contributed by atoms with Crippen molar-refractivity contribution in [1.82, 2.24) is 14.8 Å². The molecule has 0 radical (unpaired) electrons. The number of nitrogens with zero attached hydrogens (tertiary/aromatic N) is 2. The molecule has 0 unspecified atom stereocenters. The summed E-state index contributed by atoms with van der Waals surface area (Å²) in [6.45, 7) is 1.71. The molecule has 3 rings (SSSR count). The molecule has 3 heterocycles. The summed E-state index contributed by atoms with van der Waals surface area (Å²) in [4.78, 5) is 3.29. The standard InChI is InChI=1S/C13H18N4/c14-7-6-11-13(10-4-3-8-15-10)12-5-1-2-9-17(12)16-11/h3-4,8,15H,1-2,5-7,9,14H2. The monoisotopic (exact) mass is 230 g/mol. The molecule has 4 nitrogen and oxygen atoms in total. The number of aromatic amines is 1. The molecule has 1 aliphatic heterocycles. The molecule has 3 N–H and O–H groups in total. The van der Waals surface area contributed by atoms with Crippen molar-refractivity contribution in [1.29, 1.82) is 0 Å². The summed E-state index contributed by atoms with van der Waals surface area (Å²) < 4.78 is 2.17. The maximum Gasteiger partial charge on any atom is 0.0733 e. The molecule has 2 aromatic rings. The van der Waals surface area contributed by atoms with Crippen molar-refractivity contribution in [2.75, 3.05) is 6.54 Å². The quantitative estimate of drug-likeness (QED) is 0.843. The lowest BCUT2D eigenvalue weighted by atomic mass is 10.0. The first kappa shape index (κ1) is 10.6. The number of fused-ring (bicyclic) bond motifs is 1. The molecule has 0 bridgehead atoms. The van der Waals surface area contributed by atoms with Crippen molar-refractivity contribution in [3.63, 3.8) is 0 Å². The molecule has 0 aromatic carbocycles. The number of hydrogen-bond acceptors (Lipinski definition) is 2. The second-order valence-electron chi connectivity index (χ2n) is 4.57. The third-order valence-electron chi connectivity index (χ3n) is 3.41. The Labute approximate surface area is 101 Å². The molecule has 0 saturated heterocycles. The molecular weight excluding hydrogens is 212 g/mol. The Balaban J connectivity index is 2.12. The van der Waals surface area contributed by atoms with E-state index in [4.69, 9.17) is 10.8 Å². The average Bonchev–Trinajstić information content (AvgIpc) is 2.94. The van der Waals surface area contributed by atoms with Gasteiger partial charge in [-0.05, 0) is 37.9 Å². The van der Waals surface area contributed by atoms with Crippen LogP contribution in [0.4, 0.5) is 0 Å². The average molecular weight is 230 g/mol. The Morgan fingerprint density at radius 2 is 2.35 bits per heavy atom. The molecule has 17 heavy (non-hydrogen) atoms. The fourth-order valence-corrected chi connectivity index (χ4v) is 2.65. The fraction of sp³-hybridized carbons (Fsp3) is 0.462. The minimum absolute atomic E-state index is 0.657. The zero-order valence-corrected chi connectivity index (χ0v) is 9.95. The molecule has 90 valence electrons. The number of aromatic nitrogens is 3. The Morgan fingerprint density at radius 3 is 3.12 bits per heavy atom. The maximum absolute atomic E-state index is 5.68. The summed E-state index contributed by atoms with van der Waals surface area (Å²) in [5, 5.41) is 4.71. The minimum atomic E-state index is 0.657. The summed E-state index contributed by atoms with van der Waals surface area (Å²) in [7, 11) is 0. The lowest BCUT2D eigenvalue weighted by molar-refractivity contribution is 0.484. The van der Waals surface area contributed by atoms with Gasteiger partial charge in [-0.15, -0.1) is 0 Å². The van der Waals surface area contributed by atoms with Gasteiger partial charge in [0.15, 0.2) is 0 Å². The van der Waals surface area contributed by atoms with Gasteiger partial charge in [0, 0.05) is 36.1 Å². The fourth-order valence-electron chi connectivity index (χ4n) is 2.65. The highest BCUT2D eigenvalue weighted by Crippen LogP contribution is 2.30. The van der Waals surface area contributed by atoms with Crippen LogP contribution in [0.25, 0.3) is 11.3 Å². The number of rotatable bonds is 3. The third kappa shape index (κ3) is 1.78. The second-order valence-corrected chi connectivity index (χ2v) is 4.57. The number of H-pyrrole nitrogens is 1. The number of hydrogen-bond donors (Lipinski definition) is 2. The van der Waals surface area contributed by atoms with Crippen molar-refractivity contribution in [3.8, 4) is 11.3 Å². The van der Waals surface area contributed by atoms with Gasteiger partial charge in [0.25, 0.3) is 0 Å². The van der Waals surface area contributed by atoms with Gasteiger partial charge in [-0.3, -0.25) is 4.68 Å². The second kappa shape index (κ2) is 4.37. The van der Waals surface area contributed by atoms with Crippen molar-refractivity contribution in [3.05, 3.63) is 29.7 Å². The number of nitrogens with one attached hydrogen (secondary N) is 1. The molecule has 0 spiro atoms. The van der Waals surface area contributed by atoms with Gasteiger partial charge in [-0.1, -0.05) is 0 Å². The van der Waals surface area contributed by atoms with E-state index in [0.29, 0.717) is 6.54 Å². The highest BCUT2D eigenvalue weighted by Gasteiger charge is 2.21. The van der Waals surface area contributed by atoms with Crippen LogP contribution < -0.4 is 5.73 Å². The predicted molar refractivity (Wildman–Crippen MR) is 67.7 cm³/mol. The van der Waals surface area contributed by atoms with E-state index in [1.807, 2.05) is 12.3 Å². The van der Waals surface area contributed by atoms with Crippen LogP contribution in [0.15, 0.2) is 18.3 Å². The van der Waals surface area contributed by atoms with Crippen LogP contribution in [0.2, 0.25) is 0 Å². The van der Waals surface area contributed by atoms with Crippen LogP contribution in [0.3, 0.4) is 0 Å². The van der Waals surface area contributed by atoms with E-state index < -0.39 is 0 Å². The first-order valence-corrected chi connectivity index (χ1v) is 6.32. The zero-order valence-electron chi connectivity index (χ0n) is 9.95. The molecular formula is C13H18N4. The van der Waals surface area contributed by atoms with Crippen LogP contribution in [-0.4, -0.2) is 21.3 Å². The smallest absolute Gasteiger partial charge is 0.0733 e. The minimum Gasteiger partial charge on any atom is -0.361 e. The largest absolute Gasteiger partial charge is 0.361 e. The van der Waals surface area contributed by atoms with Crippen molar-refractivity contribution < 1.29 is 0 Å². The number of nitrogens with two attached hydrogens (primary N) is 1. The zero-order chi connectivity index (χ0) is 11.7. The Morgan fingerprint density at radius 1 is 1.41 bits per heavy atom. The SMILES string of the molecule is NCCc1nn2c(c1-c1ccc[nH]1)CCCC2. The van der Waals surface area contributed by atoms with Crippen LogP contribution in [0, 0.1) is 0 Å². The lowest BCUT2D eigenvalue weighted by Crippen LogP contribution is -2.11. The van der Waals surface area contributed by atoms with Gasteiger partial charge >= 0.3 is 0 Å². The number of aryl methyl sites for hydroxylation is 1.